The number of carbonyl (C=O) groups excluding carboxylic acids is 1. The van der Waals surface area contributed by atoms with Crippen LogP contribution >= 0.6 is 0 Å². The van der Waals surface area contributed by atoms with Crippen LogP contribution in [0.4, 0.5) is 14.5 Å². The Bertz CT molecular complexity index is 561. The zero-order valence-electron chi connectivity index (χ0n) is 10.4. The number of benzene rings is 1. The minimum absolute atomic E-state index is 0.000347. The van der Waals surface area contributed by atoms with Crippen LogP contribution in [0.1, 0.15) is 23.2 Å². The predicted octanol–water partition coefficient (Wildman–Crippen LogP) is 1.47. The van der Waals surface area contributed by atoms with Gasteiger partial charge in [0, 0.05) is 12.6 Å². The Kier molecular flexibility index (Phi) is 3.93. The molecule has 1 amide bonds. The van der Waals surface area contributed by atoms with Crippen molar-refractivity contribution < 1.29 is 23.6 Å². The van der Waals surface area contributed by atoms with E-state index < -0.39 is 33.7 Å². The molecule has 1 aliphatic rings. The van der Waals surface area contributed by atoms with Gasteiger partial charge in [-0.3, -0.25) is 14.9 Å². The highest BCUT2D eigenvalue weighted by atomic mass is 19.2. The maximum atomic E-state index is 13.2. The van der Waals surface area contributed by atoms with Crippen molar-refractivity contribution in [1.82, 2.24) is 4.90 Å². The molecule has 108 valence electrons. The average Bonchev–Trinajstić information content (AvgIpc) is 3.22. The molecule has 0 aromatic heterocycles. The number of nitrogens with zero attached hydrogens (tertiary/aromatic N) is 2. The maximum Gasteiger partial charge on any atom is 0.285 e. The molecule has 0 heterocycles. The van der Waals surface area contributed by atoms with Gasteiger partial charge in [-0.05, 0) is 18.9 Å². The number of nitro groups is 1. The number of rotatable bonds is 5. The van der Waals surface area contributed by atoms with Gasteiger partial charge in [0.2, 0.25) is 0 Å². The standard InChI is InChI=1S/C12H12F2N2O4/c13-9-5-8(11(16(19)20)6-10(9)14)12(18)15(3-4-17)7-1-2-7/h5-7,17H,1-4H2. The van der Waals surface area contributed by atoms with Crippen molar-refractivity contribution in [3.63, 3.8) is 0 Å². The van der Waals surface area contributed by atoms with Crippen LogP contribution in [0.3, 0.4) is 0 Å². The van der Waals surface area contributed by atoms with Crippen molar-refractivity contribution in [2.75, 3.05) is 13.2 Å². The van der Waals surface area contributed by atoms with Crippen LogP contribution in [-0.2, 0) is 0 Å². The Labute approximate surface area is 112 Å². The molecular weight excluding hydrogens is 274 g/mol. The van der Waals surface area contributed by atoms with Crippen LogP contribution in [0.5, 0.6) is 0 Å². The fourth-order valence-electron chi connectivity index (χ4n) is 1.96. The van der Waals surface area contributed by atoms with Crippen molar-refractivity contribution in [3.8, 4) is 0 Å². The lowest BCUT2D eigenvalue weighted by molar-refractivity contribution is -0.385. The van der Waals surface area contributed by atoms with Gasteiger partial charge >= 0.3 is 0 Å². The van der Waals surface area contributed by atoms with Crippen LogP contribution in [-0.4, -0.2) is 40.0 Å². The first kappa shape index (κ1) is 14.3. The third-order valence-corrected chi connectivity index (χ3v) is 3.06. The number of aliphatic hydroxyl groups excluding tert-OH is 1. The van der Waals surface area contributed by atoms with Gasteiger partial charge in [-0.2, -0.15) is 0 Å². The molecule has 0 aliphatic heterocycles. The first-order valence-corrected chi connectivity index (χ1v) is 6.01. The molecule has 1 aromatic rings. The lowest BCUT2D eigenvalue weighted by atomic mass is 10.1. The number of halogens is 2. The summed E-state index contributed by atoms with van der Waals surface area (Å²) in [6.45, 7) is -0.306. The van der Waals surface area contributed by atoms with Gasteiger partial charge in [0.25, 0.3) is 11.6 Å². The summed E-state index contributed by atoms with van der Waals surface area (Å²) in [5.41, 5.74) is -1.29. The number of hydrogen-bond acceptors (Lipinski definition) is 4. The Morgan fingerprint density at radius 2 is 2.00 bits per heavy atom. The van der Waals surface area contributed by atoms with Crippen LogP contribution in [0, 0.1) is 21.7 Å². The van der Waals surface area contributed by atoms with E-state index in [1.165, 1.54) is 4.90 Å². The molecule has 0 unspecified atom stereocenters. The number of aliphatic hydroxyl groups is 1. The van der Waals surface area contributed by atoms with Crippen LogP contribution < -0.4 is 0 Å². The van der Waals surface area contributed by atoms with E-state index in [1.54, 1.807) is 0 Å². The smallest absolute Gasteiger partial charge is 0.285 e. The van der Waals surface area contributed by atoms with Crippen molar-refractivity contribution >= 4 is 11.6 Å². The van der Waals surface area contributed by atoms with Gasteiger partial charge in [-0.15, -0.1) is 0 Å². The Morgan fingerprint density at radius 1 is 1.40 bits per heavy atom. The summed E-state index contributed by atoms with van der Waals surface area (Å²) in [5, 5.41) is 19.8. The van der Waals surface area contributed by atoms with Gasteiger partial charge in [-0.25, -0.2) is 8.78 Å². The summed E-state index contributed by atoms with van der Waals surface area (Å²) >= 11 is 0. The van der Waals surface area contributed by atoms with Crippen LogP contribution in [0.2, 0.25) is 0 Å². The lowest BCUT2D eigenvalue weighted by Crippen LogP contribution is -2.36. The second kappa shape index (κ2) is 5.49. The average molecular weight is 286 g/mol. The highest BCUT2D eigenvalue weighted by molar-refractivity contribution is 5.98. The highest BCUT2D eigenvalue weighted by Gasteiger charge is 2.35. The van der Waals surface area contributed by atoms with Crippen LogP contribution in [0.25, 0.3) is 0 Å². The van der Waals surface area contributed by atoms with E-state index in [1.807, 2.05) is 0 Å². The Hall–Kier alpha value is -2.09. The normalized spacial score (nSPS) is 14.2. The highest BCUT2D eigenvalue weighted by Crippen LogP contribution is 2.30. The summed E-state index contributed by atoms with van der Waals surface area (Å²) in [6, 6.07) is 0.817. The van der Waals surface area contributed by atoms with E-state index >= 15 is 0 Å². The summed E-state index contributed by atoms with van der Waals surface area (Å²) in [6.07, 6.45) is 1.45. The number of carbonyl (C=O) groups is 1. The molecule has 20 heavy (non-hydrogen) atoms. The zero-order chi connectivity index (χ0) is 14.9. The maximum absolute atomic E-state index is 13.2. The summed E-state index contributed by atoms with van der Waals surface area (Å²) < 4.78 is 26.3. The van der Waals surface area contributed by atoms with Gasteiger partial charge in [-0.1, -0.05) is 0 Å². The monoisotopic (exact) mass is 286 g/mol. The molecule has 0 radical (unpaired) electrons. The zero-order valence-corrected chi connectivity index (χ0v) is 10.4. The lowest BCUT2D eigenvalue weighted by Gasteiger charge is -2.21. The molecule has 1 fully saturated rings. The van der Waals surface area contributed by atoms with E-state index in [9.17, 15) is 23.7 Å². The second-order valence-electron chi connectivity index (χ2n) is 4.49. The number of nitro benzene ring substituents is 1. The molecule has 1 aliphatic carbocycles. The van der Waals surface area contributed by atoms with E-state index in [0.717, 1.165) is 12.8 Å². The molecule has 1 N–H and O–H groups in total. The quantitative estimate of drug-likeness (QED) is 0.656. The summed E-state index contributed by atoms with van der Waals surface area (Å²) in [4.78, 5) is 23.4. The second-order valence-corrected chi connectivity index (χ2v) is 4.49. The topological polar surface area (TPSA) is 83.7 Å². The van der Waals surface area contributed by atoms with Crippen molar-refractivity contribution in [2.24, 2.45) is 0 Å². The molecule has 0 atom stereocenters. The van der Waals surface area contributed by atoms with E-state index in [4.69, 9.17) is 5.11 Å². The van der Waals surface area contributed by atoms with Crippen molar-refractivity contribution in [1.29, 1.82) is 0 Å². The third-order valence-electron chi connectivity index (χ3n) is 3.06. The van der Waals surface area contributed by atoms with Crippen molar-refractivity contribution in [2.45, 2.75) is 18.9 Å². The summed E-state index contributed by atoms with van der Waals surface area (Å²) in [7, 11) is 0. The minimum atomic E-state index is -1.38. The minimum Gasteiger partial charge on any atom is -0.395 e. The number of hydrogen-bond donors (Lipinski definition) is 1. The Balaban J connectivity index is 2.41. The molecule has 0 spiro atoms. The molecule has 6 nitrogen and oxygen atoms in total. The molecule has 1 aromatic carbocycles. The predicted molar refractivity (Wildman–Crippen MR) is 64.2 cm³/mol. The molecule has 0 saturated heterocycles. The molecule has 1 saturated carbocycles. The van der Waals surface area contributed by atoms with E-state index in [-0.39, 0.29) is 19.2 Å². The summed E-state index contributed by atoms with van der Waals surface area (Å²) in [5.74, 6) is -3.47. The largest absolute Gasteiger partial charge is 0.395 e. The first-order chi connectivity index (χ1) is 9.45. The van der Waals surface area contributed by atoms with Gasteiger partial charge in [0.05, 0.1) is 17.6 Å². The third kappa shape index (κ3) is 2.74. The molecule has 8 heteroatoms. The first-order valence-electron chi connectivity index (χ1n) is 6.01. The van der Waals surface area contributed by atoms with Gasteiger partial charge in [0.15, 0.2) is 11.6 Å². The molecular formula is C12H12F2N2O4. The van der Waals surface area contributed by atoms with Crippen LogP contribution in [0.15, 0.2) is 12.1 Å². The molecule has 2 rings (SSSR count). The number of amides is 1. The van der Waals surface area contributed by atoms with Gasteiger partial charge in [0.1, 0.15) is 5.56 Å². The Morgan fingerprint density at radius 3 is 2.50 bits per heavy atom. The van der Waals surface area contributed by atoms with Crippen molar-refractivity contribution in [3.05, 3.63) is 39.4 Å². The SMILES string of the molecule is O=C(c1cc(F)c(F)cc1[N+](=O)[O-])N(CCO)C1CC1. The van der Waals surface area contributed by atoms with E-state index in [0.29, 0.717) is 12.1 Å². The fraction of sp³-hybridized carbons (Fsp3) is 0.417. The van der Waals surface area contributed by atoms with Gasteiger partial charge < -0.3 is 10.0 Å². The fourth-order valence-corrected chi connectivity index (χ4v) is 1.96. The molecule has 0 bridgehead atoms. The van der Waals surface area contributed by atoms with E-state index in [2.05, 4.69) is 0 Å².